The van der Waals surface area contributed by atoms with Crippen molar-refractivity contribution in [3.63, 3.8) is 0 Å². The molecule has 0 aromatic heterocycles. The van der Waals surface area contributed by atoms with E-state index in [1.165, 1.54) is 19.1 Å². The highest BCUT2D eigenvalue weighted by Gasteiger charge is 2.35. The minimum atomic E-state index is -4.73. The number of rotatable bonds is 13. The topological polar surface area (TPSA) is 119 Å². The largest absolute Gasteiger partial charge is 0.417 e. The Balaban J connectivity index is 1.65. The second kappa shape index (κ2) is 12.9. The third-order valence-corrected chi connectivity index (χ3v) is 6.49. The van der Waals surface area contributed by atoms with Gasteiger partial charge in [0.05, 0.1) is 23.2 Å². The number of hydrogen-bond donors (Lipinski definition) is 3. The summed E-state index contributed by atoms with van der Waals surface area (Å²) in [5.74, 6) is -1.03. The van der Waals surface area contributed by atoms with E-state index in [2.05, 4.69) is 10.2 Å². The first-order valence-electron chi connectivity index (χ1n) is 12.1. The number of nitrogens with zero attached hydrogens (tertiary/aromatic N) is 2. The van der Waals surface area contributed by atoms with Crippen LogP contribution in [0.15, 0.2) is 18.2 Å². The number of halogens is 3. The summed E-state index contributed by atoms with van der Waals surface area (Å²) in [6.45, 7) is 3.15. The summed E-state index contributed by atoms with van der Waals surface area (Å²) in [5, 5.41) is 21.7. The van der Waals surface area contributed by atoms with E-state index in [0.29, 0.717) is 12.5 Å². The number of benzene rings is 1. The second-order valence-corrected chi connectivity index (χ2v) is 9.42. The van der Waals surface area contributed by atoms with Gasteiger partial charge in [-0.2, -0.15) is 18.4 Å². The molecule has 1 heterocycles. The van der Waals surface area contributed by atoms with E-state index in [4.69, 9.17) is 11.0 Å². The normalized spacial score (nSPS) is 18.1. The lowest BCUT2D eigenvalue weighted by Gasteiger charge is -2.23. The van der Waals surface area contributed by atoms with Gasteiger partial charge in [0.25, 0.3) is 5.91 Å². The fourth-order valence-corrected chi connectivity index (χ4v) is 4.42. The van der Waals surface area contributed by atoms with Crippen molar-refractivity contribution in [3.8, 4) is 6.07 Å². The Kier molecular flexibility index (Phi) is 10.5. The van der Waals surface area contributed by atoms with Gasteiger partial charge in [-0.3, -0.25) is 14.5 Å². The van der Waals surface area contributed by atoms with E-state index in [-0.39, 0.29) is 24.1 Å². The van der Waals surface area contributed by atoms with Gasteiger partial charge in [-0.25, -0.2) is 0 Å². The fourth-order valence-electron chi connectivity index (χ4n) is 4.42. The molecule has 0 saturated carbocycles. The first-order valence-corrected chi connectivity index (χ1v) is 12.1. The van der Waals surface area contributed by atoms with E-state index in [1.54, 1.807) is 0 Å². The number of carbonyl (C=O) groups excluding carboxylic acids is 2. The van der Waals surface area contributed by atoms with Gasteiger partial charge in [-0.1, -0.05) is 38.5 Å². The zero-order valence-electron chi connectivity index (χ0n) is 20.2. The average Bonchev–Trinajstić information content (AvgIpc) is 3.26. The highest BCUT2D eigenvalue weighted by Crippen LogP contribution is 2.33. The minimum absolute atomic E-state index is 0.122. The first-order chi connectivity index (χ1) is 16.5. The van der Waals surface area contributed by atoms with Gasteiger partial charge < -0.3 is 16.2 Å². The molecule has 7 nitrogen and oxygen atoms in total. The van der Waals surface area contributed by atoms with Crippen LogP contribution in [0.25, 0.3) is 0 Å². The number of anilines is 1. The first kappa shape index (κ1) is 28.6. The molecule has 0 spiro atoms. The van der Waals surface area contributed by atoms with Gasteiger partial charge >= 0.3 is 6.18 Å². The molecular formula is C25H35F3N4O3. The van der Waals surface area contributed by atoms with Crippen molar-refractivity contribution in [2.24, 2.45) is 5.73 Å². The molecule has 10 heteroatoms. The van der Waals surface area contributed by atoms with Crippen molar-refractivity contribution < 1.29 is 27.9 Å². The molecule has 0 radical (unpaired) electrons. The Morgan fingerprint density at radius 2 is 1.80 bits per heavy atom. The molecular weight excluding hydrogens is 461 g/mol. The molecule has 194 valence electrons. The van der Waals surface area contributed by atoms with Crippen molar-refractivity contribution >= 4 is 17.5 Å². The van der Waals surface area contributed by atoms with Gasteiger partial charge in [0.2, 0.25) is 5.91 Å². The van der Waals surface area contributed by atoms with Crippen LogP contribution in [-0.2, 0) is 15.8 Å². The number of likely N-dealkylation sites (tertiary alicyclic amines) is 1. The molecule has 1 aromatic carbocycles. The van der Waals surface area contributed by atoms with Crippen LogP contribution in [-0.4, -0.2) is 46.6 Å². The van der Waals surface area contributed by atoms with Gasteiger partial charge in [0.1, 0.15) is 5.60 Å². The maximum absolute atomic E-state index is 13.1. The maximum atomic E-state index is 13.1. The number of aliphatic hydroxyl groups is 1. The number of hydrogen-bond acceptors (Lipinski definition) is 5. The summed E-state index contributed by atoms with van der Waals surface area (Å²) in [6, 6.07) is 4.27. The quantitative estimate of drug-likeness (QED) is 0.351. The van der Waals surface area contributed by atoms with Gasteiger partial charge in [-0.15, -0.1) is 0 Å². The molecule has 2 amide bonds. The Hall–Kier alpha value is -2.64. The number of nitriles is 1. The Bertz CT molecular complexity index is 912. The van der Waals surface area contributed by atoms with Crippen LogP contribution in [0, 0.1) is 11.3 Å². The Morgan fingerprint density at radius 1 is 1.17 bits per heavy atom. The van der Waals surface area contributed by atoms with Crippen LogP contribution in [0.1, 0.15) is 82.3 Å². The van der Waals surface area contributed by atoms with Crippen LogP contribution in [0.3, 0.4) is 0 Å². The molecule has 1 aromatic rings. The van der Waals surface area contributed by atoms with E-state index in [9.17, 15) is 27.9 Å². The molecule has 1 aliphatic rings. The maximum Gasteiger partial charge on any atom is 0.417 e. The van der Waals surface area contributed by atoms with Crippen LogP contribution in [0.5, 0.6) is 0 Å². The molecule has 35 heavy (non-hydrogen) atoms. The van der Waals surface area contributed by atoms with Crippen LogP contribution in [0.2, 0.25) is 0 Å². The van der Waals surface area contributed by atoms with Crippen molar-refractivity contribution in [2.75, 3.05) is 18.4 Å². The SMILES string of the molecule is CC(O)(CCCCCCCCCN1CCC[C@H]1C(N)=O)C(=O)Nc1ccc(C#N)c(C(F)(F)F)c1. The summed E-state index contributed by atoms with van der Waals surface area (Å²) in [6.07, 6.45) is 3.87. The van der Waals surface area contributed by atoms with Crippen molar-refractivity contribution in [3.05, 3.63) is 29.3 Å². The van der Waals surface area contributed by atoms with E-state index in [1.807, 2.05) is 0 Å². The third-order valence-electron chi connectivity index (χ3n) is 6.49. The monoisotopic (exact) mass is 496 g/mol. The molecule has 1 aliphatic heterocycles. The summed E-state index contributed by atoms with van der Waals surface area (Å²) >= 11 is 0. The smallest absolute Gasteiger partial charge is 0.380 e. The molecule has 1 unspecified atom stereocenters. The summed E-state index contributed by atoms with van der Waals surface area (Å²) in [5.41, 5.74) is 1.91. The molecule has 4 N–H and O–H groups in total. The number of nitrogens with two attached hydrogens (primary N) is 1. The predicted octanol–water partition coefficient (Wildman–Crippen LogP) is 4.34. The van der Waals surface area contributed by atoms with E-state index >= 15 is 0 Å². The highest BCUT2D eigenvalue weighted by molar-refractivity contribution is 5.96. The van der Waals surface area contributed by atoms with Gasteiger partial charge in [-0.05, 0) is 63.9 Å². The van der Waals surface area contributed by atoms with Crippen molar-refractivity contribution in [1.82, 2.24) is 4.90 Å². The van der Waals surface area contributed by atoms with Gasteiger partial charge in [0, 0.05) is 5.69 Å². The number of nitrogens with one attached hydrogen (secondary N) is 1. The lowest BCUT2D eigenvalue weighted by Crippen LogP contribution is -2.40. The standard InChI is InChI=1S/C25H35F3N4O3/c1-24(35,23(34)31-19-12-11-18(17-29)20(16-19)25(26,27)28)13-7-5-3-2-4-6-8-14-32-15-9-10-21(32)22(30)33/h11-12,16,21,35H,2-10,13-15H2,1H3,(H2,30,33)(H,31,34)/t21-,24?/m0/s1. The second-order valence-electron chi connectivity index (χ2n) is 9.42. The number of carbonyl (C=O) groups is 2. The molecule has 1 saturated heterocycles. The number of alkyl halides is 3. The Morgan fingerprint density at radius 3 is 2.40 bits per heavy atom. The van der Waals surface area contributed by atoms with Gasteiger partial charge in [0.15, 0.2) is 0 Å². The highest BCUT2D eigenvalue weighted by atomic mass is 19.4. The zero-order valence-corrected chi connectivity index (χ0v) is 20.2. The lowest BCUT2D eigenvalue weighted by molar-refractivity contribution is -0.138. The average molecular weight is 497 g/mol. The molecule has 2 atom stereocenters. The number of primary amides is 1. The zero-order chi connectivity index (χ0) is 26.1. The molecule has 1 fully saturated rings. The number of amides is 2. The predicted molar refractivity (Wildman–Crippen MR) is 126 cm³/mol. The lowest BCUT2D eigenvalue weighted by atomic mass is 9.96. The van der Waals surface area contributed by atoms with E-state index < -0.39 is 28.8 Å². The van der Waals surface area contributed by atoms with Crippen LogP contribution >= 0.6 is 0 Å². The summed E-state index contributed by atoms with van der Waals surface area (Å²) in [4.78, 5) is 26.0. The van der Waals surface area contributed by atoms with E-state index in [0.717, 1.165) is 70.5 Å². The number of unbranched alkanes of at least 4 members (excludes halogenated alkanes) is 6. The Labute approximate surface area is 204 Å². The summed E-state index contributed by atoms with van der Waals surface area (Å²) < 4.78 is 39.3. The van der Waals surface area contributed by atoms with Crippen LogP contribution < -0.4 is 11.1 Å². The van der Waals surface area contributed by atoms with Crippen molar-refractivity contribution in [1.29, 1.82) is 5.26 Å². The molecule has 2 rings (SSSR count). The third kappa shape index (κ3) is 8.82. The minimum Gasteiger partial charge on any atom is -0.380 e. The molecule has 0 bridgehead atoms. The fraction of sp³-hybridized carbons (Fsp3) is 0.640. The van der Waals surface area contributed by atoms with Crippen molar-refractivity contribution in [2.45, 2.75) is 89.0 Å². The van der Waals surface area contributed by atoms with Crippen LogP contribution in [0.4, 0.5) is 18.9 Å². The molecule has 0 aliphatic carbocycles. The summed E-state index contributed by atoms with van der Waals surface area (Å²) in [7, 11) is 0.